The minimum atomic E-state index is -0.454. The van der Waals surface area contributed by atoms with Gasteiger partial charge in [0.2, 0.25) is 0 Å². The van der Waals surface area contributed by atoms with Gasteiger partial charge >= 0.3 is 5.76 Å². The van der Waals surface area contributed by atoms with Crippen molar-refractivity contribution in [3.8, 4) is 12.3 Å². The number of rotatable bonds is 5. The average molecular weight is 419 g/mol. The van der Waals surface area contributed by atoms with Crippen molar-refractivity contribution in [3.63, 3.8) is 0 Å². The van der Waals surface area contributed by atoms with E-state index in [1.165, 1.54) is 0 Å². The summed E-state index contributed by atoms with van der Waals surface area (Å²) in [4.78, 5) is 25.0. The lowest BCUT2D eigenvalue weighted by Crippen LogP contribution is -2.24. The molecular weight excluding hydrogens is 392 g/mol. The van der Waals surface area contributed by atoms with Gasteiger partial charge in [-0.25, -0.2) is 14.8 Å². The molecule has 8 heteroatoms. The van der Waals surface area contributed by atoms with Crippen molar-refractivity contribution >= 4 is 22.1 Å². The van der Waals surface area contributed by atoms with Crippen molar-refractivity contribution in [2.45, 2.75) is 64.5 Å². The third-order valence-corrected chi connectivity index (χ3v) is 6.43. The summed E-state index contributed by atoms with van der Waals surface area (Å²) in [7, 11) is 0. The molecule has 0 radical (unpaired) electrons. The number of hydrogen-bond donors (Lipinski definition) is 1. The van der Waals surface area contributed by atoms with Gasteiger partial charge in [-0.1, -0.05) is 19.0 Å². The highest BCUT2D eigenvalue weighted by Crippen LogP contribution is 2.38. The maximum absolute atomic E-state index is 12.4. The Labute approximate surface area is 179 Å². The van der Waals surface area contributed by atoms with Crippen molar-refractivity contribution < 1.29 is 4.52 Å². The molecule has 0 aliphatic heterocycles. The van der Waals surface area contributed by atoms with Crippen molar-refractivity contribution in [3.05, 3.63) is 40.7 Å². The molecule has 0 bridgehead atoms. The van der Waals surface area contributed by atoms with E-state index >= 15 is 0 Å². The van der Waals surface area contributed by atoms with Crippen LogP contribution in [0.15, 0.2) is 27.8 Å². The van der Waals surface area contributed by atoms with E-state index in [4.69, 9.17) is 15.9 Å². The van der Waals surface area contributed by atoms with E-state index < -0.39 is 5.76 Å². The van der Waals surface area contributed by atoms with E-state index in [2.05, 4.69) is 25.6 Å². The molecule has 5 rings (SSSR count). The van der Waals surface area contributed by atoms with Crippen LogP contribution in [0.4, 0.5) is 0 Å². The first-order valence-electron chi connectivity index (χ1n) is 10.9. The normalized spacial score (nSPS) is 19.4. The van der Waals surface area contributed by atoms with Crippen LogP contribution in [0.3, 0.4) is 0 Å². The highest BCUT2D eigenvalue weighted by Gasteiger charge is 2.27. The monoisotopic (exact) mass is 418 g/mol. The maximum atomic E-state index is 12.4. The first kappa shape index (κ1) is 19.6. The third kappa shape index (κ3) is 3.34. The van der Waals surface area contributed by atoms with Crippen LogP contribution < -0.4 is 5.76 Å². The molecule has 4 aromatic heterocycles. The minimum absolute atomic E-state index is 0.0709. The maximum Gasteiger partial charge on any atom is 0.442 e. The first-order valence-corrected chi connectivity index (χ1v) is 10.9. The molecule has 0 spiro atoms. The van der Waals surface area contributed by atoms with Crippen LogP contribution in [0, 0.1) is 18.3 Å². The second kappa shape index (κ2) is 7.73. The number of nitrogens with zero attached hydrogens (tertiary/aromatic N) is 5. The lowest BCUT2D eigenvalue weighted by Gasteiger charge is -2.30. The van der Waals surface area contributed by atoms with Gasteiger partial charge in [-0.15, -0.1) is 12.3 Å². The van der Waals surface area contributed by atoms with E-state index in [-0.39, 0.29) is 5.92 Å². The zero-order valence-electron chi connectivity index (χ0n) is 17.8. The van der Waals surface area contributed by atoms with E-state index in [0.717, 1.165) is 60.0 Å². The number of terminal acetylenes is 1. The molecule has 8 nitrogen and oxygen atoms in total. The van der Waals surface area contributed by atoms with Gasteiger partial charge < -0.3 is 9.55 Å². The quantitative estimate of drug-likeness (QED) is 0.495. The lowest BCUT2D eigenvalue weighted by atomic mass is 9.84. The van der Waals surface area contributed by atoms with Crippen molar-refractivity contribution in [1.29, 1.82) is 0 Å². The zero-order valence-corrected chi connectivity index (χ0v) is 17.8. The van der Waals surface area contributed by atoms with Gasteiger partial charge in [0.05, 0.1) is 18.3 Å². The zero-order chi connectivity index (χ0) is 21.5. The summed E-state index contributed by atoms with van der Waals surface area (Å²) in [5, 5.41) is 5.03. The van der Waals surface area contributed by atoms with Gasteiger partial charge in [0.1, 0.15) is 17.0 Å². The number of H-pyrrole nitrogens is 1. The molecule has 4 heterocycles. The molecule has 160 valence electrons. The molecule has 4 aromatic rings. The summed E-state index contributed by atoms with van der Waals surface area (Å²) in [5.74, 6) is 4.48. The van der Waals surface area contributed by atoms with Crippen LogP contribution in [0.5, 0.6) is 0 Å². The molecule has 0 aromatic carbocycles. The summed E-state index contributed by atoms with van der Waals surface area (Å²) in [5.41, 5.74) is 2.74. The first-order chi connectivity index (χ1) is 15.1. The van der Waals surface area contributed by atoms with E-state index in [1.54, 1.807) is 10.8 Å². The fraction of sp³-hybridized carbons (Fsp3) is 0.478. The van der Waals surface area contributed by atoms with Gasteiger partial charge in [-0.05, 0) is 37.7 Å². The van der Waals surface area contributed by atoms with Crippen LogP contribution in [-0.4, -0.2) is 29.2 Å². The molecule has 1 aliphatic rings. The highest BCUT2D eigenvalue weighted by molar-refractivity contribution is 6.01. The van der Waals surface area contributed by atoms with Crippen molar-refractivity contribution in [2.24, 2.45) is 5.92 Å². The fourth-order valence-corrected chi connectivity index (χ4v) is 4.90. The molecule has 1 fully saturated rings. The number of aromatic nitrogens is 6. The van der Waals surface area contributed by atoms with E-state index in [0.29, 0.717) is 24.3 Å². The van der Waals surface area contributed by atoms with Crippen LogP contribution in [0.1, 0.15) is 69.6 Å². The average Bonchev–Trinajstić information content (AvgIpc) is 3.46. The number of hydrogen-bond acceptors (Lipinski definition) is 5. The number of fused-ring (bicyclic) bond motifs is 3. The Kier molecular flexibility index (Phi) is 4.89. The Morgan fingerprint density at radius 1 is 1.32 bits per heavy atom. The SMILES string of the molecule is C#CC[C@H]1CC[C@H](n2c(Cn3c(C(C)C)noc3=O)nc3cnc4[nH]ccc4c32)CC1. The van der Waals surface area contributed by atoms with Gasteiger partial charge in [0, 0.05) is 30.0 Å². The van der Waals surface area contributed by atoms with Gasteiger partial charge in [-0.2, -0.15) is 0 Å². The molecule has 1 N–H and O–H groups in total. The summed E-state index contributed by atoms with van der Waals surface area (Å²) in [6.45, 7) is 4.31. The van der Waals surface area contributed by atoms with Gasteiger partial charge in [-0.3, -0.25) is 9.09 Å². The standard InChI is InChI=1S/C23H26N6O2/c1-4-5-15-6-8-16(9-7-15)29-19(13-28-22(14(2)3)27-31-23(28)30)26-18-12-25-21-17(20(18)29)10-11-24-21/h1,10-12,14-16H,5-9,13H2,2-3H3,(H,24,25)/t15-,16-. The van der Waals surface area contributed by atoms with Crippen LogP contribution in [-0.2, 0) is 6.54 Å². The molecule has 1 saturated carbocycles. The Morgan fingerprint density at radius 2 is 2.13 bits per heavy atom. The highest BCUT2D eigenvalue weighted by atomic mass is 16.5. The molecule has 0 amide bonds. The van der Waals surface area contributed by atoms with Crippen molar-refractivity contribution in [1.82, 2.24) is 29.2 Å². The predicted molar refractivity (Wildman–Crippen MR) is 118 cm³/mol. The van der Waals surface area contributed by atoms with Crippen LogP contribution in [0.2, 0.25) is 0 Å². The Balaban J connectivity index is 1.63. The Bertz CT molecular complexity index is 1320. The number of aromatic amines is 1. The predicted octanol–water partition coefficient (Wildman–Crippen LogP) is 3.99. The Morgan fingerprint density at radius 3 is 2.87 bits per heavy atom. The molecule has 31 heavy (non-hydrogen) atoms. The largest absolute Gasteiger partial charge is 0.442 e. The molecule has 1 aliphatic carbocycles. The van der Waals surface area contributed by atoms with Crippen LogP contribution >= 0.6 is 0 Å². The third-order valence-electron chi connectivity index (χ3n) is 6.43. The lowest BCUT2D eigenvalue weighted by molar-refractivity contribution is 0.277. The second-order valence-corrected chi connectivity index (χ2v) is 8.76. The van der Waals surface area contributed by atoms with Crippen LogP contribution in [0.25, 0.3) is 22.1 Å². The van der Waals surface area contributed by atoms with E-state index in [9.17, 15) is 4.79 Å². The molecule has 0 saturated heterocycles. The molecule has 0 unspecified atom stereocenters. The van der Waals surface area contributed by atoms with Crippen molar-refractivity contribution in [2.75, 3.05) is 0 Å². The number of nitrogens with one attached hydrogen (secondary N) is 1. The molecule has 0 atom stereocenters. The molecular formula is C23H26N6O2. The summed E-state index contributed by atoms with van der Waals surface area (Å²) in [6.07, 6.45) is 14.4. The second-order valence-electron chi connectivity index (χ2n) is 8.76. The van der Waals surface area contributed by atoms with Gasteiger partial charge in [0.25, 0.3) is 0 Å². The summed E-state index contributed by atoms with van der Waals surface area (Å²) in [6, 6.07) is 2.34. The van der Waals surface area contributed by atoms with Gasteiger partial charge in [0.15, 0.2) is 5.82 Å². The topological polar surface area (TPSA) is 94.5 Å². The Hall–Kier alpha value is -3.34. The minimum Gasteiger partial charge on any atom is -0.346 e. The fourth-order valence-electron chi connectivity index (χ4n) is 4.90. The number of pyridine rings is 1. The summed E-state index contributed by atoms with van der Waals surface area (Å²) < 4.78 is 8.89. The summed E-state index contributed by atoms with van der Waals surface area (Å²) >= 11 is 0. The van der Waals surface area contributed by atoms with E-state index in [1.807, 2.05) is 26.1 Å². The number of imidazole rings is 1. The smallest absolute Gasteiger partial charge is 0.346 e.